The molecule has 4 nitrogen and oxygen atoms in total. The van der Waals surface area contributed by atoms with Gasteiger partial charge in [0, 0.05) is 12.3 Å². The molecule has 5 aliphatic rings. The third-order valence-electron chi connectivity index (χ3n) is 12.9. The average molecular weight is 502 g/mol. The fourth-order valence-electron chi connectivity index (χ4n) is 10.7. The maximum atomic E-state index is 12.9. The van der Waals surface area contributed by atoms with Crippen LogP contribution in [0, 0.1) is 52.3 Å². The summed E-state index contributed by atoms with van der Waals surface area (Å²) in [5.41, 5.74) is 0.545. The second kappa shape index (κ2) is 10.2. The summed E-state index contributed by atoms with van der Waals surface area (Å²) in [6, 6.07) is 0. The lowest BCUT2D eigenvalue weighted by Gasteiger charge is -2.61. The van der Waals surface area contributed by atoms with E-state index >= 15 is 0 Å². The first kappa shape index (κ1) is 27.0. The van der Waals surface area contributed by atoms with Gasteiger partial charge in [0.2, 0.25) is 0 Å². The van der Waals surface area contributed by atoms with Crippen molar-refractivity contribution in [1.29, 1.82) is 0 Å². The second-order valence-electron chi connectivity index (χ2n) is 14.9. The third-order valence-corrected chi connectivity index (χ3v) is 12.9. The Balaban J connectivity index is 1.18. The zero-order valence-corrected chi connectivity index (χ0v) is 24.0. The highest BCUT2D eigenvalue weighted by Gasteiger charge is 2.60. The summed E-state index contributed by atoms with van der Waals surface area (Å²) < 4.78 is 6.08. The second-order valence-corrected chi connectivity index (χ2v) is 14.9. The number of hydrogen-bond acceptors (Lipinski definition) is 4. The molecule has 0 aromatic rings. The van der Waals surface area contributed by atoms with Crippen LogP contribution in [-0.2, 0) is 9.53 Å². The lowest BCUT2D eigenvalue weighted by Crippen LogP contribution is -2.54. The zero-order chi connectivity index (χ0) is 25.7. The Morgan fingerprint density at radius 3 is 2.42 bits per heavy atom. The third kappa shape index (κ3) is 4.80. The van der Waals surface area contributed by atoms with E-state index in [1.54, 1.807) is 0 Å². The van der Waals surface area contributed by atoms with Crippen molar-refractivity contribution in [2.75, 3.05) is 13.1 Å². The highest BCUT2D eigenvalue weighted by molar-refractivity contribution is 5.69. The molecule has 2 N–H and O–H groups in total. The Kier molecular flexibility index (Phi) is 7.62. The van der Waals surface area contributed by atoms with Gasteiger partial charge in [-0.25, -0.2) is 0 Å². The van der Waals surface area contributed by atoms with Crippen LogP contribution in [-0.4, -0.2) is 35.9 Å². The molecule has 0 aromatic heterocycles. The number of nitrogens with one attached hydrogen (secondary N) is 1. The van der Waals surface area contributed by atoms with Gasteiger partial charge in [0.05, 0.1) is 6.10 Å². The van der Waals surface area contributed by atoms with Crippen LogP contribution in [0.25, 0.3) is 0 Å². The molecular formula is C32H55NO3. The van der Waals surface area contributed by atoms with Crippen LogP contribution in [0.2, 0.25) is 0 Å². The Bertz CT molecular complexity index is 790. The Morgan fingerprint density at radius 1 is 0.972 bits per heavy atom. The smallest absolute Gasteiger partial charge is 0.306 e. The van der Waals surface area contributed by atoms with E-state index in [4.69, 9.17) is 4.74 Å². The molecular weight excluding hydrogens is 446 g/mol. The van der Waals surface area contributed by atoms with Gasteiger partial charge in [-0.15, -0.1) is 0 Å². The lowest BCUT2D eigenvalue weighted by molar-refractivity contribution is -0.163. The van der Waals surface area contributed by atoms with E-state index < -0.39 is 0 Å². The maximum Gasteiger partial charge on any atom is 0.306 e. The van der Waals surface area contributed by atoms with Gasteiger partial charge in [-0.1, -0.05) is 20.8 Å². The number of aliphatic hydroxyl groups excluding tert-OH is 1. The molecule has 36 heavy (non-hydrogen) atoms. The van der Waals surface area contributed by atoms with Gasteiger partial charge in [-0.3, -0.25) is 4.79 Å². The van der Waals surface area contributed by atoms with Crippen molar-refractivity contribution in [3.8, 4) is 0 Å². The summed E-state index contributed by atoms with van der Waals surface area (Å²) in [6.07, 6.45) is 15.2. The molecule has 0 amide bonds. The molecule has 1 aliphatic heterocycles. The lowest BCUT2D eigenvalue weighted by atomic mass is 9.44. The topological polar surface area (TPSA) is 58.6 Å². The highest BCUT2D eigenvalue weighted by Crippen LogP contribution is 2.68. The van der Waals surface area contributed by atoms with Crippen molar-refractivity contribution in [2.24, 2.45) is 52.3 Å². The zero-order valence-electron chi connectivity index (χ0n) is 24.0. The van der Waals surface area contributed by atoms with Gasteiger partial charge in [-0.05, 0) is 150 Å². The average Bonchev–Trinajstić information content (AvgIpc) is 3.20. The molecule has 4 aliphatic carbocycles. The van der Waals surface area contributed by atoms with E-state index in [0.29, 0.717) is 29.1 Å². The first-order valence-corrected chi connectivity index (χ1v) is 15.6. The van der Waals surface area contributed by atoms with E-state index in [1.165, 1.54) is 44.9 Å². The van der Waals surface area contributed by atoms with Crippen molar-refractivity contribution in [3.05, 3.63) is 0 Å². The summed E-state index contributed by atoms with van der Waals surface area (Å²) in [6.45, 7) is 14.0. The number of rotatable bonds is 6. The number of esters is 1. The quantitative estimate of drug-likeness (QED) is 0.396. The monoisotopic (exact) mass is 501 g/mol. The van der Waals surface area contributed by atoms with Crippen molar-refractivity contribution < 1.29 is 14.6 Å². The molecule has 0 bridgehead atoms. The predicted molar refractivity (Wildman–Crippen MR) is 145 cm³/mol. The molecule has 5 rings (SSSR count). The van der Waals surface area contributed by atoms with Crippen LogP contribution >= 0.6 is 0 Å². The van der Waals surface area contributed by atoms with Crippen molar-refractivity contribution in [2.45, 2.75) is 130 Å². The SMILES string of the molecule is C[C@H](CCC(=O)OC(C)(C)C1CCNCC1)[C@H]1CC[C@H]2[C@@H]3CC[C@@H]4CC(O)CC[C@]4(C)[C@H]3CC[C@]12C. The van der Waals surface area contributed by atoms with E-state index in [9.17, 15) is 9.90 Å². The summed E-state index contributed by atoms with van der Waals surface area (Å²) in [7, 11) is 0. The number of piperidine rings is 1. The molecule has 1 saturated heterocycles. The maximum absolute atomic E-state index is 12.9. The molecule has 0 radical (unpaired) electrons. The van der Waals surface area contributed by atoms with Crippen molar-refractivity contribution in [1.82, 2.24) is 5.32 Å². The van der Waals surface area contributed by atoms with Gasteiger partial charge in [-0.2, -0.15) is 0 Å². The van der Waals surface area contributed by atoms with Crippen molar-refractivity contribution in [3.63, 3.8) is 0 Å². The van der Waals surface area contributed by atoms with Gasteiger partial charge >= 0.3 is 5.97 Å². The summed E-state index contributed by atoms with van der Waals surface area (Å²) >= 11 is 0. The van der Waals surface area contributed by atoms with Crippen LogP contribution in [0.15, 0.2) is 0 Å². The fraction of sp³-hybridized carbons (Fsp3) is 0.969. The number of fused-ring (bicyclic) bond motifs is 5. The number of hydrogen-bond donors (Lipinski definition) is 2. The molecule has 4 heteroatoms. The van der Waals surface area contributed by atoms with Crippen LogP contribution in [0.3, 0.4) is 0 Å². The normalized spacial score (nSPS) is 44.3. The van der Waals surface area contributed by atoms with Crippen LogP contribution in [0.4, 0.5) is 0 Å². The van der Waals surface area contributed by atoms with E-state index in [0.717, 1.165) is 74.8 Å². The molecule has 9 atom stereocenters. The van der Waals surface area contributed by atoms with Crippen LogP contribution in [0.5, 0.6) is 0 Å². The molecule has 5 fully saturated rings. The number of carbonyl (C=O) groups is 1. The fourth-order valence-corrected chi connectivity index (χ4v) is 10.7. The van der Waals surface area contributed by atoms with Gasteiger partial charge in [0.1, 0.15) is 5.60 Å². The van der Waals surface area contributed by atoms with Gasteiger partial charge in [0.25, 0.3) is 0 Å². The molecule has 0 aromatic carbocycles. The number of aliphatic hydroxyl groups is 1. The predicted octanol–water partition coefficient (Wildman–Crippen LogP) is 6.74. The number of carbonyl (C=O) groups excluding carboxylic acids is 1. The Morgan fingerprint density at radius 2 is 1.67 bits per heavy atom. The molecule has 0 spiro atoms. The van der Waals surface area contributed by atoms with Crippen LogP contribution in [0.1, 0.15) is 118 Å². The minimum atomic E-state index is -0.352. The summed E-state index contributed by atoms with van der Waals surface area (Å²) in [5, 5.41) is 13.8. The Labute approximate surface area is 221 Å². The van der Waals surface area contributed by atoms with E-state index in [-0.39, 0.29) is 17.7 Å². The van der Waals surface area contributed by atoms with Crippen molar-refractivity contribution >= 4 is 5.97 Å². The van der Waals surface area contributed by atoms with Gasteiger partial charge < -0.3 is 15.2 Å². The first-order valence-electron chi connectivity index (χ1n) is 15.6. The molecule has 1 unspecified atom stereocenters. The summed E-state index contributed by atoms with van der Waals surface area (Å²) in [5.74, 6) is 5.16. The number of ether oxygens (including phenoxy) is 1. The summed E-state index contributed by atoms with van der Waals surface area (Å²) in [4.78, 5) is 12.9. The largest absolute Gasteiger partial charge is 0.459 e. The standard InChI is InChI=1S/C32H55NO3/c1-21(6-11-29(35)36-30(2,3)22-14-18-33-19-15-22)26-9-10-27-25-8-7-23-20-24(34)12-16-31(23,4)28(25)13-17-32(26,27)5/h21-28,33-34H,6-20H2,1-5H3/t21-,23-,24?,25+,26-,27+,28+,31+,32-/m1/s1. The van der Waals surface area contributed by atoms with Crippen LogP contribution < -0.4 is 5.32 Å². The van der Waals surface area contributed by atoms with E-state index in [2.05, 4.69) is 39.9 Å². The molecule has 206 valence electrons. The molecule has 1 heterocycles. The first-order chi connectivity index (χ1) is 17.0. The van der Waals surface area contributed by atoms with Gasteiger partial charge in [0.15, 0.2) is 0 Å². The minimum absolute atomic E-state index is 0.0134. The molecule has 4 saturated carbocycles. The Hall–Kier alpha value is -0.610. The van der Waals surface area contributed by atoms with E-state index in [1.807, 2.05) is 0 Å². The minimum Gasteiger partial charge on any atom is -0.459 e. The highest BCUT2D eigenvalue weighted by atomic mass is 16.6.